The summed E-state index contributed by atoms with van der Waals surface area (Å²) in [5.41, 5.74) is 3.76. The third-order valence-electron chi connectivity index (χ3n) is 3.16. The average molecular weight is 264 g/mol. The molecule has 2 aromatic carbocycles. The van der Waals surface area contributed by atoms with Crippen molar-refractivity contribution in [3.63, 3.8) is 0 Å². The van der Waals surface area contributed by atoms with Crippen LogP contribution >= 0.6 is 0 Å². The minimum absolute atomic E-state index is 0.448. The molecular formula is C17H16N2O. The molecule has 0 aromatic heterocycles. The van der Waals surface area contributed by atoms with Gasteiger partial charge in [0.15, 0.2) is 0 Å². The lowest BCUT2D eigenvalue weighted by Crippen LogP contribution is -2.19. The van der Waals surface area contributed by atoms with Crippen molar-refractivity contribution in [2.24, 2.45) is 0 Å². The second-order valence-electron chi connectivity index (χ2n) is 4.56. The Bertz CT molecular complexity index is 629. The molecule has 0 spiro atoms. The minimum Gasteiger partial charge on any atom is -0.340 e. The summed E-state index contributed by atoms with van der Waals surface area (Å²) >= 11 is 0. The number of carbonyl (C=O) groups is 1. The minimum atomic E-state index is 0.448. The van der Waals surface area contributed by atoms with Crippen molar-refractivity contribution in [1.29, 1.82) is 5.26 Å². The fourth-order valence-corrected chi connectivity index (χ4v) is 2.21. The van der Waals surface area contributed by atoms with Crippen molar-refractivity contribution in [3.05, 3.63) is 59.7 Å². The Labute approximate surface area is 119 Å². The zero-order chi connectivity index (χ0) is 14.4. The van der Waals surface area contributed by atoms with Gasteiger partial charge in [-0.25, -0.2) is 0 Å². The van der Waals surface area contributed by atoms with Gasteiger partial charge >= 0.3 is 0 Å². The number of para-hydroxylation sites is 1. The Morgan fingerprint density at radius 1 is 1.20 bits per heavy atom. The number of rotatable bonds is 5. The molecule has 0 heterocycles. The highest BCUT2D eigenvalue weighted by Crippen LogP contribution is 2.28. The van der Waals surface area contributed by atoms with Crippen molar-refractivity contribution in [1.82, 2.24) is 0 Å². The number of aldehydes is 1. The van der Waals surface area contributed by atoms with Crippen molar-refractivity contribution < 1.29 is 4.79 Å². The van der Waals surface area contributed by atoms with Gasteiger partial charge in [-0.1, -0.05) is 18.2 Å². The molecule has 0 fully saturated rings. The van der Waals surface area contributed by atoms with Gasteiger partial charge in [0, 0.05) is 23.5 Å². The molecule has 0 saturated heterocycles. The summed E-state index contributed by atoms with van der Waals surface area (Å²) < 4.78 is 0. The summed E-state index contributed by atoms with van der Waals surface area (Å²) in [5, 5.41) is 8.84. The number of nitrogens with zero attached hydrogens (tertiary/aromatic N) is 2. The first-order chi connectivity index (χ1) is 9.76. The van der Waals surface area contributed by atoms with Crippen LogP contribution in [0.1, 0.15) is 22.3 Å². The summed E-state index contributed by atoms with van der Waals surface area (Å²) in [4.78, 5) is 12.9. The normalized spacial score (nSPS) is 9.80. The van der Waals surface area contributed by atoms with Crippen LogP contribution in [0, 0.1) is 18.3 Å². The number of anilines is 2. The largest absolute Gasteiger partial charge is 0.340 e. The quantitative estimate of drug-likeness (QED) is 0.770. The van der Waals surface area contributed by atoms with E-state index in [0.29, 0.717) is 18.5 Å². The number of hydrogen-bond acceptors (Lipinski definition) is 3. The third kappa shape index (κ3) is 3.04. The van der Waals surface area contributed by atoms with Crippen LogP contribution in [0.2, 0.25) is 0 Å². The predicted octanol–water partition coefficient (Wildman–Crippen LogP) is 3.86. The highest BCUT2D eigenvalue weighted by atomic mass is 16.1. The molecule has 0 N–H and O–H groups in total. The molecule has 0 bridgehead atoms. The maximum atomic E-state index is 10.8. The van der Waals surface area contributed by atoms with E-state index in [1.54, 1.807) is 6.07 Å². The second-order valence-corrected chi connectivity index (χ2v) is 4.56. The first-order valence-corrected chi connectivity index (χ1v) is 6.51. The highest BCUT2D eigenvalue weighted by molar-refractivity contribution is 5.78. The predicted molar refractivity (Wildman–Crippen MR) is 80.2 cm³/mol. The molecule has 0 radical (unpaired) electrons. The molecule has 3 heteroatoms. The smallest absolute Gasteiger partial charge is 0.150 e. The van der Waals surface area contributed by atoms with E-state index in [0.717, 1.165) is 23.2 Å². The molecule has 0 aliphatic rings. The number of aryl methyl sites for hydroxylation is 1. The number of carbonyl (C=O) groups excluding carboxylic acids is 1. The Morgan fingerprint density at radius 2 is 1.95 bits per heavy atom. The average Bonchev–Trinajstić information content (AvgIpc) is 2.50. The summed E-state index contributed by atoms with van der Waals surface area (Å²) in [5.74, 6) is 0. The highest BCUT2D eigenvalue weighted by Gasteiger charge is 2.11. The fraction of sp³-hybridized carbons (Fsp3) is 0.176. The summed E-state index contributed by atoms with van der Waals surface area (Å²) in [7, 11) is 0. The lowest BCUT2D eigenvalue weighted by molar-refractivity contribution is 0.112. The van der Waals surface area contributed by atoms with E-state index in [1.165, 1.54) is 0 Å². The van der Waals surface area contributed by atoms with Crippen LogP contribution in [-0.2, 0) is 0 Å². The first-order valence-electron chi connectivity index (χ1n) is 6.51. The maximum Gasteiger partial charge on any atom is 0.150 e. The molecule has 0 saturated carbocycles. The van der Waals surface area contributed by atoms with Crippen molar-refractivity contribution >= 4 is 17.7 Å². The van der Waals surface area contributed by atoms with E-state index in [2.05, 4.69) is 11.0 Å². The van der Waals surface area contributed by atoms with Gasteiger partial charge < -0.3 is 4.90 Å². The molecule has 0 atom stereocenters. The SMILES string of the molecule is Cc1cc(C=O)ccc1N(CCC#N)c1ccccc1. The Hall–Kier alpha value is -2.60. The summed E-state index contributed by atoms with van der Waals surface area (Å²) in [6.45, 7) is 2.60. The molecule has 0 aliphatic heterocycles. The van der Waals surface area contributed by atoms with Crippen LogP contribution < -0.4 is 4.90 Å². The number of hydrogen-bond donors (Lipinski definition) is 0. The van der Waals surface area contributed by atoms with E-state index in [4.69, 9.17) is 5.26 Å². The lowest BCUT2D eigenvalue weighted by Gasteiger charge is -2.26. The molecule has 3 nitrogen and oxygen atoms in total. The molecule has 2 aromatic rings. The number of nitriles is 1. The van der Waals surface area contributed by atoms with E-state index in [1.807, 2.05) is 49.4 Å². The van der Waals surface area contributed by atoms with Gasteiger partial charge in [-0.3, -0.25) is 4.79 Å². The molecule has 20 heavy (non-hydrogen) atoms. The van der Waals surface area contributed by atoms with Crippen LogP contribution in [-0.4, -0.2) is 12.8 Å². The van der Waals surface area contributed by atoms with Crippen LogP contribution in [0.25, 0.3) is 0 Å². The van der Waals surface area contributed by atoms with Crippen molar-refractivity contribution in [3.8, 4) is 6.07 Å². The summed E-state index contributed by atoms with van der Waals surface area (Å²) in [6.07, 6.45) is 1.29. The maximum absolute atomic E-state index is 10.8. The first kappa shape index (κ1) is 13.8. The summed E-state index contributed by atoms with van der Waals surface area (Å²) in [6, 6.07) is 17.7. The second kappa shape index (κ2) is 6.53. The Balaban J connectivity index is 2.41. The van der Waals surface area contributed by atoms with Crippen LogP contribution in [0.5, 0.6) is 0 Å². The lowest BCUT2D eigenvalue weighted by atomic mass is 10.1. The van der Waals surface area contributed by atoms with Gasteiger partial charge in [-0.05, 0) is 42.8 Å². The third-order valence-corrected chi connectivity index (χ3v) is 3.16. The zero-order valence-corrected chi connectivity index (χ0v) is 11.4. The van der Waals surface area contributed by atoms with E-state index in [9.17, 15) is 4.79 Å². The van der Waals surface area contributed by atoms with Gasteiger partial charge in [0.2, 0.25) is 0 Å². The van der Waals surface area contributed by atoms with E-state index in [-0.39, 0.29) is 0 Å². The molecular weight excluding hydrogens is 248 g/mol. The molecule has 100 valence electrons. The van der Waals surface area contributed by atoms with Crippen LogP contribution in [0.15, 0.2) is 48.5 Å². The zero-order valence-electron chi connectivity index (χ0n) is 11.4. The monoisotopic (exact) mass is 264 g/mol. The fourth-order valence-electron chi connectivity index (χ4n) is 2.21. The van der Waals surface area contributed by atoms with E-state index >= 15 is 0 Å². The van der Waals surface area contributed by atoms with Gasteiger partial charge in [0.05, 0.1) is 12.5 Å². The Morgan fingerprint density at radius 3 is 2.55 bits per heavy atom. The topological polar surface area (TPSA) is 44.1 Å². The number of benzene rings is 2. The molecule has 0 amide bonds. The van der Waals surface area contributed by atoms with Gasteiger partial charge in [-0.15, -0.1) is 0 Å². The van der Waals surface area contributed by atoms with Gasteiger partial charge in [-0.2, -0.15) is 5.26 Å². The van der Waals surface area contributed by atoms with E-state index < -0.39 is 0 Å². The van der Waals surface area contributed by atoms with Gasteiger partial charge in [0.1, 0.15) is 6.29 Å². The molecule has 2 rings (SSSR count). The molecule has 0 unspecified atom stereocenters. The van der Waals surface area contributed by atoms with Crippen LogP contribution in [0.4, 0.5) is 11.4 Å². The van der Waals surface area contributed by atoms with Crippen LogP contribution in [0.3, 0.4) is 0 Å². The Kier molecular flexibility index (Phi) is 4.52. The molecule has 0 aliphatic carbocycles. The standard InChI is InChI=1S/C17H16N2O/c1-14-12-15(13-20)8-9-17(14)19(11-5-10-18)16-6-3-2-4-7-16/h2-4,6-9,12-13H,5,11H2,1H3. The van der Waals surface area contributed by atoms with Crippen molar-refractivity contribution in [2.75, 3.05) is 11.4 Å². The van der Waals surface area contributed by atoms with Gasteiger partial charge in [0.25, 0.3) is 0 Å². The van der Waals surface area contributed by atoms with Crippen molar-refractivity contribution in [2.45, 2.75) is 13.3 Å².